The summed E-state index contributed by atoms with van der Waals surface area (Å²) in [4.78, 5) is 14.7. The molecule has 0 saturated heterocycles. The molecule has 0 aromatic heterocycles. The highest BCUT2D eigenvalue weighted by molar-refractivity contribution is 5.95. The molecule has 0 bridgehead atoms. The van der Waals surface area contributed by atoms with Crippen LogP contribution in [0.3, 0.4) is 0 Å². The highest BCUT2D eigenvalue weighted by atomic mass is 16.2. The number of carbonyl (C=O) groups is 1. The van der Waals surface area contributed by atoms with Crippen LogP contribution in [0.2, 0.25) is 0 Å². The number of rotatable bonds is 4. The van der Waals surface area contributed by atoms with E-state index in [4.69, 9.17) is 5.73 Å². The Morgan fingerprint density at radius 2 is 1.80 bits per heavy atom. The van der Waals surface area contributed by atoms with E-state index >= 15 is 0 Å². The number of hydrogen-bond donors (Lipinski definition) is 1. The normalized spacial score (nSPS) is 22.5. The molecule has 1 saturated carbocycles. The maximum Gasteiger partial charge on any atom is 0.230 e. The fraction of sp³-hybridized carbons (Fsp3) is 0.588. The molecule has 1 amide bonds. The van der Waals surface area contributed by atoms with Gasteiger partial charge in [-0.05, 0) is 62.3 Å². The molecular weight excluding hydrogens is 248 g/mol. The third kappa shape index (κ3) is 3.53. The predicted octanol–water partition coefficient (Wildman–Crippen LogP) is 3.84. The molecule has 2 rings (SSSR count). The lowest BCUT2D eigenvalue weighted by Crippen LogP contribution is -2.38. The third-order valence-electron chi connectivity index (χ3n) is 4.28. The van der Waals surface area contributed by atoms with Gasteiger partial charge in [-0.3, -0.25) is 4.79 Å². The molecule has 3 nitrogen and oxygen atoms in total. The minimum atomic E-state index is 0.204. The Balaban J connectivity index is 2.11. The van der Waals surface area contributed by atoms with Crippen molar-refractivity contribution in [1.82, 2.24) is 0 Å². The number of anilines is 2. The minimum Gasteiger partial charge on any atom is -0.399 e. The first-order valence-electron chi connectivity index (χ1n) is 7.78. The summed E-state index contributed by atoms with van der Waals surface area (Å²) in [6.45, 7) is 5.18. The van der Waals surface area contributed by atoms with E-state index in [9.17, 15) is 4.79 Å². The van der Waals surface area contributed by atoms with E-state index in [1.54, 1.807) is 0 Å². The molecule has 110 valence electrons. The lowest BCUT2D eigenvalue weighted by Gasteiger charge is -2.31. The maximum absolute atomic E-state index is 12.8. The third-order valence-corrected chi connectivity index (χ3v) is 4.28. The van der Waals surface area contributed by atoms with E-state index in [2.05, 4.69) is 13.8 Å². The Labute approximate surface area is 122 Å². The van der Waals surface area contributed by atoms with Crippen LogP contribution in [0.25, 0.3) is 0 Å². The number of nitrogens with zero attached hydrogens (tertiary/aromatic N) is 1. The summed E-state index contributed by atoms with van der Waals surface area (Å²) in [7, 11) is 0. The zero-order valence-corrected chi connectivity index (χ0v) is 12.6. The first-order chi connectivity index (χ1) is 9.61. The van der Waals surface area contributed by atoms with Crippen molar-refractivity contribution in [3.8, 4) is 0 Å². The van der Waals surface area contributed by atoms with Gasteiger partial charge in [0.1, 0.15) is 0 Å². The lowest BCUT2D eigenvalue weighted by molar-refractivity contribution is -0.123. The molecule has 1 aromatic rings. The van der Waals surface area contributed by atoms with Gasteiger partial charge in [0, 0.05) is 23.8 Å². The molecule has 0 radical (unpaired) electrons. The topological polar surface area (TPSA) is 46.3 Å². The Kier molecular flexibility index (Phi) is 5.05. The zero-order valence-electron chi connectivity index (χ0n) is 12.6. The van der Waals surface area contributed by atoms with Crippen LogP contribution in [-0.2, 0) is 4.79 Å². The number of amides is 1. The van der Waals surface area contributed by atoms with Crippen molar-refractivity contribution in [1.29, 1.82) is 0 Å². The average Bonchev–Trinajstić information content (AvgIpc) is 2.46. The largest absolute Gasteiger partial charge is 0.399 e. The van der Waals surface area contributed by atoms with Crippen LogP contribution in [-0.4, -0.2) is 12.5 Å². The second-order valence-corrected chi connectivity index (χ2v) is 6.04. The summed E-state index contributed by atoms with van der Waals surface area (Å²) < 4.78 is 0. The van der Waals surface area contributed by atoms with Gasteiger partial charge in [0.25, 0.3) is 0 Å². The maximum atomic E-state index is 12.8. The quantitative estimate of drug-likeness (QED) is 0.848. The van der Waals surface area contributed by atoms with Crippen molar-refractivity contribution in [2.75, 3.05) is 17.2 Å². The van der Waals surface area contributed by atoms with Gasteiger partial charge in [-0.15, -0.1) is 0 Å². The van der Waals surface area contributed by atoms with Crippen molar-refractivity contribution < 1.29 is 4.79 Å². The lowest BCUT2D eigenvalue weighted by atomic mass is 9.82. The zero-order chi connectivity index (χ0) is 14.5. The van der Waals surface area contributed by atoms with Crippen LogP contribution >= 0.6 is 0 Å². The summed E-state index contributed by atoms with van der Waals surface area (Å²) in [5.74, 6) is 1.27. The SMILES string of the molecule is CCCN(C(=O)C1CCC(C)CC1)c1ccc(N)cc1. The van der Waals surface area contributed by atoms with Gasteiger partial charge in [0.2, 0.25) is 5.91 Å². The van der Waals surface area contributed by atoms with Crippen molar-refractivity contribution >= 4 is 17.3 Å². The second kappa shape index (κ2) is 6.78. The van der Waals surface area contributed by atoms with Crippen LogP contribution in [0.1, 0.15) is 46.0 Å². The Morgan fingerprint density at radius 3 is 2.35 bits per heavy atom. The number of carbonyl (C=O) groups excluding carboxylic acids is 1. The van der Waals surface area contributed by atoms with Crippen molar-refractivity contribution in [3.63, 3.8) is 0 Å². The molecule has 0 unspecified atom stereocenters. The summed E-state index contributed by atoms with van der Waals surface area (Å²) >= 11 is 0. The monoisotopic (exact) mass is 274 g/mol. The van der Waals surface area contributed by atoms with Gasteiger partial charge in [-0.1, -0.05) is 13.8 Å². The van der Waals surface area contributed by atoms with E-state index in [0.717, 1.165) is 43.1 Å². The highest BCUT2D eigenvalue weighted by Gasteiger charge is 2.28. The van der Waals surface area contributed by atoms with Crippen molar-refractivity contribution in [2.45, 2.75) is 46.0 Å². The van der Waals surface area contributed by atoms with Gasteiger partial charge >= 0.3 is 0 Å². The van der Waals surface area contributed by atoms with Gasteiger partial charge in [0.05, 0.1) is 0 Å². The molecule has 1 fully saturated rings. The predicted molar refractivity (Wildman–Crippen MR) is 84.6 cm³/mol. The molecule has 0 aliphatic heterocycles. The number of nitrogen functional groups attached to an aromatic ring is 1. The second-order valence-electron chi connectivity index (χ2n) is 6.04. The smallest absolute Gasteiger partial charge is 0.230 e. The number of hydrogen-bond acceptors (Lipinski definition) is 2. The standard InChI is InChI=1S/C17H26N2O/c1-3-12-19(16-10-8-15(18)9-11-16)17(20)14-6-4-13(2)5-7-14/h8-11,13-14H,3-7,12,18H2,1-2H3. The summed E-state index contributed by atoms with van der Waals surface area (Å²) in [5.41, 5.74) is 7.45. The number of nitrogens with two attached hydrogens (primary N) is 1. The number of benzene rings is 1. The van der Waals surface area contributed by atoms with E-state index in [1.165, 1.54) is 12.8 Å². The molecule has 1 aliphatic rings. The van der Waals surface area contributed by atoms with Gasteiger partial charge < -0.3 is 10.6 Å². The average molecular weight is 274 g/mol. The molecular formula is C17H26N2O. The van der Waals surface area contributed by atoms with E-state index in [1.807, 2.05) is 29.2 Å². The van der Waals surface area contributed by atoms with E-state index in [0.29, 0.717) is 5.91 Å². The van der Waals surface area contributed by atoms with Crippen LogP contribution in [0.5, 0.6) is 0 Å². The summed E-state index contributed by atoms with van der Waals surface area (Å²) in [6.07, 6.45) is 5.40. The first-order valence-corrected chi connectivity index (χ1v) is 7.78. The Hall–Kier alpha value is -1.51. The Morgan fingerprint density at radius 1 is 1.20 bits per heavy atom. The molecule has 0 spiro atoms. The van der Waals surface area contributed by atoms with Gasteiger partial charge in [0.15, 0.2) is 0 Å². The van der Waals surface area contributed by atoms with Crippen LogP contribution in [0.15, 0.2) is 24.3 Å². The van der Waals surface area contributed by atoms with Gasteiger partial charge in [-0.25, -0.2) is 0 Å². The first kappa shape index (κ1) is 14.9. The summed E-state index contributed by atoms with van der Waals surface area (Å²) in [6, 6.07) is 7.64. The molecule has 20 heavy (non-hydrogen) atoms. The summed E-state index contributed by atoms with van der Waals surface area (Å²) in [5, 5.41) is 0. The van der Waals surface area contributed by atoms with Crippen LogP contribution < -0.4 is 10.6 Å². The minimum absolute atomic E-state index is 0.204. The molecule has 0 atom stereocenters. The van der Waals surface area contributed by atoms with Crippen LogP contribution in [0, 0.1) is 11.8 Å². The molecule has 0 heterocycles. The van der Waals surface area contributed by atoms with Crippen molar-refractivity contribution in [3.05, 3.63) is 24.3 Å². The van der Waals surface area contributed by atoms with Gasteiger partial charge in [-0.2, -0.15) is 0 Å². The van der Waals surface area contributed by atoms with Crippen molar-refractivity contribution in [2.24, 2.45) is 11.8 Å². The molecule has 2 N–H and O–H groups in total. The van der Waals surface area contributed by atoms with Crippen LogP contribution in [0.4, 0.5) is 11.4 Å². The Bertz CT molecular complexity index is 433. The highest BCUT2D eigenvalue weighted by Crippen LogP contribution is 2.31. The molecule has 1 aliphatic carbocycles. The molecule has 3 heteroatoms. The fourth-order valence-corrected chi connectivity index (χ4v) is 2.97. The molecule has 1 aromatic carbocycles. The van der Waals surface area contributed by atoms with E-state index in [-0.39, 0.29) is 5.92 Å². The van der Waals surface area contributed by atoms with E-state index < -0.39 is 0 Å². The fourth-order valence-electron chi connectivity index (χ4n) is 2.97.